The Hall–Kier alpha value is -2.86. The van der Waals surface area contributed by atoms with Crippen molar-refractivity contribution in [2.24, 2.45) is 17.1 Å². The number of likely N-dealkylation sites (tertiary alicyclic amines) is 1. The van der Waals surface area contributed by atoms with Crippen molar-refractivity contribution in [1.82, 2.24) is 20.3 Å². The molecule has 1 aromatic carbocycles. The van der Waals surface area contributed by atoms with Crippen LogP contribution in [0.1, 0.15) is 58.4 Å². The zero-order valence-corrected chi connectivity index (χ0v) is 23.5. The van der Waals surface area contributed by atoms with E-state index in [-0.39, 0.29) is 34.5 Å². The summed E-state index contributed by atoms with van der Waals surface area (Å²) in [7, 11) is -3.99. The van der Waals surface area contributed by atoms with E-state index in [1.165, 1.54) is 6.92 Å². The molecule has 2 amide bonds. The molecule has 38 heavy (non-hydrogen) atoms. The number of guanidine groups is 1. The number of rotatable bonds is 11. The zero-order valence-electron chi connectivity index (χ0n) is 22.7. The number of fused-ring (bicyclic) bond motifs is 1. The van der Waals surface area contributed by atoms with Crippen molar-refractivity contribution < 1.29 is 18.0 Å². The Morgan fingerprint density at radius 1 is 1.21 bits per heavy atom. The maximum atomic E-state index is 13.6. The van der Waals surface area contributed by atoms with E-state index in [0.29, 0.717) is 50.7 Å². The van der Waals surface area contributed by atoms with E-state index in [1.807, 2.05) is 6.07 Å². The largest absolute Gasteiger partial charge is 0.383 e. The fourth-order valence-corrected chi connectivity index (χ4v) is 6.63. The molecule has 0 saturated carbocycles. The minimum atomic E-state index is -3.99. The van der Waals surface area contributed by atoms with Crippen molar-refractivity contribution in [3.63, 3.8) is 0 Å². The van der Waals surface area contributed by atoms with Crippen LogP contribution in [0.5, 0.6) is 0 Å². The lowest BCUT2D eigenvalue weighted by atomic mass is 9.82. The van der Waals surface area contributed by atoms with E-state index < -0.39 is 16.1 Å². The van der Waals surface area contributed by atoms with E-state index in [9.17, 15) is 18.0 Å². The van der Waals surface area contributed by atoms with Gasteiger partial charge in [-0.05, 0) is 61.5 Å². The molecule has 212 valence electrons. The summed E-state index contributed by atoms with van der Waals surface area (Å²) in [5.74, 6) is -0.0483. The topological polar surface area (TPSA) is 170 Å². The molecule has 2 heterocycles. The summed E-state index contributed by atoms with van der Waals surface area (Å²) in [6, 6.07) is 4.33. The lowest BCUT2D eigenvalue weighted by molar-refractivity contribution is -0.134. The summed E-state index contributed by atoms with van der Waals surface area (Å²) in [6.45, 7) is 8.49. The van der Waals surface area contributed by atoms with Crippen molar-refractivity contribution in [3.05, 3.63) is 23.8 Å². The second kappa shape index (κ2) is 12.8. The number of nitrogens with one attached hydrogen (secondary N) is 5. The summed E-state index contributed by atoms with van der Waals surface area (Å²) in [4.78, 5) is 26.6. The molecule has 3 rings (SSSR count). The maximum Gasteiger partial charge on any atom is 0.243 e. The van der Waals surface area contributed by atoms with E-state index in [0.717, 1.165) is 31.2 Å². The molecule has 0 spiro atoms. The predicted octanol–water partition coefficient (Wildman–Crippen LogP) is 1.36. The Morgan fingerprint density at radius 2 is 1.92 bits per heavy atom. The molecule has 2 aliphatic heterocycles. The third-order valence-corrected chi connectivity index (χ3v) is 8.76. The van der Waals surface area contributed by atoms with Crippen LogP contribution < -0.4 is 26.4 Å². The maximum absolute atomic E-state index is 13.6. The minimum Gasteiger partial charge on any atom is -0.383 e. The number of carbonyl (C=O) groups excluding carboxylic acids is 2. The van der Waals surface area contributed by atoms with Crippen LogP contribution in [-0.2, 0) is 26.0 Å². The van der Waals surface area contributed by atoms with Crippen LogP contribution in [-0.4, -0.2) is 69.9 Å². The highest BCUT2D eigenvalue weighted by molar-refractivity contribution is 7.89. The summed E-state index contributed by atoms with van der Waals surface area (Å²) < 4.78 is 29.9. The lowest BCUT2D eigenvalue weighted by Gasteiger charge is -2.35. The average Bonchev–Trinajstić information content (AvgIpc) is 2.84. The number of piperidine rings is 1. The highest BCUT2D eigenvalue weighted by Gasteiger charge is 2.34. The number of hydrogen-bond acceptors (Lipinski definition) is 6. The molecule has 0 unspecified atom stereocenters. The van der Waals surface area contributed by atoms with Gasteiger partial charge in [-0.25, -0.2) is 8.42 Å². The molecular weight excluding hydrogens is 506 g/mol. The van der Waals surface area contributed by atoms with Crippen molar-refractivity contribution in [1.29, 1.82) is 5.41 Å². The third-order valence-electron chi connectivity index (χ3n) is 7.25. The first-order valence-corrected chi connectivity index (χ1v) is 14.9. The van der Waals surface area contributed by atoms with E-state index >= 15 is 0 Å². The number of nitrogens with zero attached hydrogens (tertiary/aromatic N) is 1. The van der Waals surface area contributed by atoms with E-state index in [2.05, 4.69) is 34.5 Å². The Balaban J connectivity index is 1.71. The molecule has 0 aromatic heterocycles. The van der Waals surface area contributed by atoms with Crippen LogP contribution in [0.25, 0.3) is 0 Å². The van der Waals surface area contributed by atoms with Crippen LogP contribution >= 0.6 is 0 Å². The molecular formula is C26H43N7O4S. The Labute approximate surface area is 226 Å². The van der Waals surface area contributed by atoms with Gasteiger partial charge in [0, 0.05) is 39.6 Å². The first kappa shape index (κ1) is 29.7. The third kappa shape index (κ3) is 8.32. The molecule has 12 heteroatoms. The van der Waals surface area contributed by atoms with Gasteiger partial charge in [-0.2, -0.15) is 4.72 Å². The Kier molecular flexibility index (Phi) is 10.00. The molecule has 1 fully saturated rings. The average molecular weight is 550 g/mol. The highest BCUT2D eigenvalue weighted by Crippen LogP contribution is 2.36. The first-order valence-electron chi connectivity index (χ1n) is 13.4. The van der Waals surface area contributed by atoms with Crippen molar-refractivity contribution in [2.75, 3.05) is 38.0 Å². The number of carbonyl (C=O) groups is 2. The first-order chi connectivity index (χ1) is 17.9. The van der Waals surface area contributed by atoms with Crippen molar-refractivity contribution in [3.8, 4) is 0 Å². The van der Waals surface area contributed by atoms with Crippen LogP contribution in [0.2, 0.25) is 0 Å². The summed E-state index contributed by atoms with van der Waals surface area (Å²) in [5, 5.41) is 16.2. The smallest absolute Gasteiger partial charge is 0.243 e. The van der Waals surface area contributed by atoms with Gasteiger partial charge >= 0.3 is 0 Å². The number of anilines is 1. The normalized spacial score (nSPS) is 18.1. The van der Waals surface area contributed by atoms with Crippen LogP contribution in [0.4, 0.5) is 5.69 Å². The fraction of sp³-hybridized carbons (Fsp3) is 0.654. The van der Waals surface area contributed by atoms with Crippen LogP contribution in [0.15, 0.2) is 23.1 Å². The number of benzene rings is 1. The summed E-state index contributed by atoms with van der Waals surface area (Å²) in [6.07, 6.45) is 3.97. The summed E-state index contributed by atoms with van der Waals surface area (Å²) in [5.41, 5.74) is 6.92. The van der Waals surface area contributed by atoms with Gasteiger partial charge in [0.05, 0.1) is 5.69 Å². The van der Waals surface area contributed by atoms with Crippen molar-refractivity contribution >= 4 is 33.5 Å². The number of para-hydroxylation sites is 1. The van der Waals surface area contributed by atoms with Gasteiger partial charge in [-0.15, -0.1) is 0 Å². The number of sulfonamides is 1. The SMILES string of the molecule is CC(=O)NCCC1CCN(C(=O)[C@H](CCCNC(=N)N)NS(=O)(=O)c2cccc3c2NCC(C)(C)C3)CC1. The van der Waals surface area contributed by atoms with Gasteiger partial charge in [-0.1, -0.05) is 26.0 Å². The van der Waals surface area contributed by atoms with E-state index in [4.69, 9.17) is 11.1 Å². The quantitative estimate of drug-likeness (QED) is 0.137. The van der Waals surface area contributed by atoms with Gasteiger partial charge in [0.1, 0.15) is 10.9 Å². The number of amides is 2. The van der Waals surface area contributed by atoms with Gasteiger partial charge in [-0.3, -0.25) is 15.0 Å². The molecule has 7 N–H and O–H groups in total. The Bertz CT molecular complexity index is 1110. The molecule has 1 saturated heterocycles. The molecule has 0 aliphatic carbocycles. The van der Waals surface area contributed by atoms with Crippen LogP contribution in [0, 0.1) is 16.7 Å². The molecule has 2 aliphatic rings. The highest BCUT2D eigenvalue weighted by atomic mass is 32.2. The van der Waals surface area contributed by atoms with Gasteiger partial charge in [0.25, 0.3) is 0 Å². The van der Waals surface area contributed by atoms with E-state index in [1.54, 1.807) is 17.0 Å². The molecule has 0 radical (unpaired) electrons. The van der Waals surface area contributed by atoms with Gasteiger partial charge in [0.2, 0.25) is 21.8 Å². The second-order valence-corrected chi connectivity index (χ2v) is 12.9. The lowest BCUT2D eigenvalue weighted by Crippen LogP contribution is -2.51. The minimum absolute atomic E-state index is 0.0132. The number of nitrogens with two attached hydrogens (primary N) is 1. The number of hydrogen-bond donors (Lipinski definition) is 6. The second-order valence-electron chi connectivity index (χ2n) is 11.2. The van der Waals surface area contributed by atoms with Crippen LogP contribution in [0.3, 0.4) is 0 Å². The molecule has 11 nitrogen and oxygen atoms in total. The fourth-order valence-electron chi connectivity index (χ4n) is 5.18. The molecule has 1 atom stereocenters. The molecule has 0 bridgehead atoms. The standard InChI is InChI=1S/C26H43N7O4S/c1-18(34)29-13-9-19-10-14-33(15-11-19)24(35)21(7-5-12-30-25(27)28)32-38(36,37)22-8-4-6-20-16-26(2,3)17-31-23(20)22/h4,6,8,19,21,31-32H,5,7,9-17H2,1-3H3,(H,29,34)(H4,27,28,30)/t21-/m0/s1. The van der Waals surface area contributed by atoms with Gasteiger partial charge < -0.3 is 26.6 Å². The van der Waals surface area contributed by atoms with Gasteiger partial charge in [0.15, 0.2) is 5.96 Å². The zero-order chi connectivity index (χ0) is 27.9. The summed E-state index contributed by atoms with van der Waals surface area (Å²) >= 11 is 0. The molecule has 1 aromatic rings. The van der Waals surface area contributed by atoms with Crippen molar-refractivity contribution in [2.45, 2.75) is 70.2 Å². The predicted molar refractivity (Wildman–Crippen MR) is 148 cm³/mol. The monoisotopic (exact) mass is 549 g/mol. The Morgan fingerprint density at radius 3 is 2.58 bits per heavy atom.